The van der Waals surface area contributed by atoms with E-state index in [0.717, 1.165) is 19.3 Å². The molecule has 1 saturated carbocycles. The summed E-state index contributed by atoms with van der Waals surface area (Å²) in [5.41, 5.74) is 4.75. The number of ether oxygens (including phenoxy) is 2. The molecule has 2 aromatic rings. The van der Waals surface area contributed by atoms with Crippen molar-refractivity contribution in [2.75, 3.05) is 26.4 Å². The highest BCUT2D eigenvalue weighted by molar-refractivity contribution is 5.79. The second kappa shape index (κ2) is 11.8. The summed E-state index contributed by atoms with van der Waals surface area (Å²) in [6.45, 7) is 1.06. The number of nitrogens with one attached hydrogen (secondary N) is 2. The molecule has 0 aromatic heterocycles. The van der Waals surface area contributed by atoms with Crippen molar-refractivity contribution in [1.29, 1.82) is 0 Å². The number of hydrogen-bond acceptors (Lipinski definition) is 5. The third-order valence-electron chi connectivity index (χ3n) is 6.71. The lowest BCUT2D eigenvalue weighted by Gasteiger charge is -2.17. The van der Waals surface area contributed by atoms with Crippen molar-refractivity contribution in [3.8, 4) is 11.1 Å². The van der Waals surface area contributed by atoms with Gasteiger partial charge in [-0.2, -0.15) is 0 Å². The van der Waals surface area contributed by atoms with Crippen LogP contribution in [0.15, 0.2) is 48.5 Å². The molecule has 2 amide bonds. The van der Waals surface area contributed by atoms with Crippen LogP contribution >= 0.6 is 0 Å². The number of carbonyl (C=O) groups excluding carboxylic acids is 2. The molecule has 2 atom stereocenters. The molecular formula is C27H32N2O6. The van der Waals surface area contributed by atoms with Crippen LogP contribution in [-0.2, 0) is 19.1 Å². The molecule has 1 fully saturated rings. The minimum absolute atomic E-state index is 0.00260. The maximum Gasteiger partial charge on any atom is 0.407 e. The van der Waals surface area contributed by atoms with Crippen molar-refractivity contribution in [2.24, 2.45) is 5.92 Å². The Kier molecular flexibility index (Phi) is 8.36. The zero-order valence-corrected chi connectivity index (χ0v) is 19.7. The molecule has 0 saturated heterocycles. The highest BCUT2D eigenvalue weighted by atomic mass is 16.5. The standard InChI is InChI=1S/C27H32N2O6/c30-25(28-12-14-34-13-11-26(31)32)16-18-9-10-19(15-18)29-27(33)35-17-24-22-7-3-1-5-20(22)21-6-2-4-8-23(21)24/h1-8,18-19,24H,9-17H2,(H,28,30)(H,29,33)(H,31,32)/t18-,19+/m1/s1. The van der Waals surface area contributed by atoms with Crippen LogP contribution in [0.3, 0.4) is 0 Å². The van der Waals surface area contributed by atoms with Crippen molar-refractivity contribution < 1.29 is 29.0 Å². The largest absolute Gasteiger partial charge is 0.481 e. The van der Waals surface area contributed by atoms with Crippen LogP contribution in [0.5, 0.6) is 0 Å². The number of hydrogen-bond donors (Lipinski definition) is 3. The Bertz CT molecular complexity index is 1010. The second-order valence-electron chi connectivity index (χ2n) is 9.16. The minimum Gasteiger partial charge on any atom is -0.481 e. The topological polar surface area (TPSA) is 114 Å². The van der Waals surface area contributed by atoms with Gasteiger partial charge in [-0.3, -0.25) is 9.59 Å². The maximum atomic E-state index is 12.5. The van der Waals surface area contributed by atoms with E-state index in [0.29, 0.717) is 13.0 Å². The zero-order valence-electron chi connectivity index (χ0n) is 19.7. The van der Waals surface area contributed by atoms with Crippen LogP contribution in [0.2, 0.25) is 0 Å². The van der Waals surface area contributed by atoms with E-state index in [2.05, 4.69) is 34.9 Å². The highest BCUT2D eigenvalue weighted by Crippen LogP contribution is 2.44. The molecule has 2 aromatic carbocycles. The van der Waals surface area contributed by atoms with Crippen LogP contribution in [0, 0.1) is 5.92 Å². The third-order valence-corrected chi connectivity index (χ3v) is 6.71. The quantitative estimate of drug-likeness (QED) is 0.423. The number of rotatable bonds is 11. The van der Waals surface area contributed by atoms with Crippen molar-refractivity contribution in [3.63, 3.8) is 0 Å². The first-order valence-electron chi connectivity index (χ1n) is 12.2. The molecule has 0 aliphatic heterocycles. The minimum atomic E-state index is -0.906. The second-order valence-corrected chi connectivity index (χ2v) is 9.16. The Morgan fingerprint density at radius 3 is 2.31 bits per heavy atom. The fraction of sp³-hybridized carbons (Fsp3) is 0.444. The van der Waals surface area contributed by atoms with Gasteiger partial charge in [-0.15, -0.1) is 0 Å². The van der Waals surface area contributed by atoms with Gasteiger partial charge in [-0.1, -0.05) is 48.5 Å². The maximum absolute atomic E-state index is 12.5. The molecular weight excluding hydrogens is 448 g/mol. The number of fused-ring (bicyclic) bond motifs is 3. The van der Waals surface area contributed by atoms with E-state index in [1.807, 2.05) is 24.3 Å². The molecule has 8 nitrogen and oxygen atoms in total. The molecule has 0 spiro atoms. The molecule has 8 heteroatoms. The Balaban J connectivity index is 1.16. The molecule has 2 aliphatic rings. The van der Waals surface area contributed by atoms with Gasteiger partial charge in [0, 0.05) is 24.9 Å². The SMILES string of the molecule is O=C(O)CCOCCNC(=O)C[C@@H]1CC[C@H](NC(=O)OCC2c3ccccc3-c3ccccc32)C1. The smallest absolute Gasteiger partial charge is 0.407 e. The van der Waals surface area contributed by atoms with Crippen LogP contribution < -0.4 is 10.6 Å². The van der Waals surface area contributed by atoms with Gasteiger partial charge in [-0.25, -0.2) is 4.79 Å². The van der Waals surface area contributed by atoms with E-state index in [-0.39, 0.29) is 50.0 Å². The molecule has 2 aliphatic carbocycles. The summed E-state index contributed by atoms with van der Waals surface area (Å²) in [7, 11) is 0. The first kappa shape index (κ1) is 24.7. The van der Waals surface area contributed by atoms with Crippen molar-refractivity contribution in [2.45, 2.75) is 44.1 Å². The lowest BCUT2D eigenvalue weighted by Crippen LogP contribution is -2.34. The van der Waals surface area contributed by atoms with Gasteiger partial charge >= 0.3 is 12.1 Å². The van der Waals surface area contributed by atoms with Gasteiger partial charge in [0.2, 0.25) is 5.91 Å². The van der Waals surface area contributed by atoms with Gasteiger partial charge in [0.05, 0.1) is 19.6 Å². The summed E-state index contributed by atoms with van der Waals surface area (Å²) in [6, 6.07) is 16.5. The van der Waals surface area contributed by atoms with E-state index < -0.39 is 12.1 Å². The average Bonchev–Trinajstić information content (AvgIpc) is 3.41. The summed E-state index contributed by atoms with van der Waals surface area (Å²) < 4.78 is 10.8. The number of benzene rings is 2. The zero-order chi connectivity index (χ0) is 24.6. The Morgan fingerprint density at radius 1 is 0.943 bits per heavy atom. The predicted molar refractivity (Wildman–Crippen MR) is 130 cm³/mol. The van der Waals surface area contributed by atoms with Gasteiger partial charge in [0.1, 0.15) is 6.61 Å². The summed E-state index contributed by atoms with van der Waals surface area (Å²) >= 11 is 0. The molecule has 4 rings (SSSR count). The van der Waals surface area contributed by atoms with E-state index in [1.165, 1.54) is 22.3 Å². The van der Waals surface area contributed by atoms with E-state index in [9.17, 15) is 14.4 Å². The summed E-state index contributed by atoms with van der Waals surface area (Å²) in [5.74, 6) is -0.724. The van der Waals surface area contributed by atoms with Crippen LogP contribution in [0.4, 0.5) is 4.79 Å². The number of carboxylic acids is 1. The first-order chi connectivity index (χ1) is 17.0. The summed E-state index contributed by atoms with van der Waals surface area (Å²) in [5, 5.41) is 14.3. The molecule has 0 bridgehead atoms. The molecule has 0 radical (unpaired) electrons. The van der Waals surface area contributed by atoms with Crippen LogP contribution in [0.25, 0.3) is 11.1 Å². The van der Waals surface area contributed by atoms with Gasteiger partial charge < -0.3 is 25.2 Å². The summed E-state index contributed by atoms with van der Waals surface area (Å²) in [6.07, 6.45) is 2.37. The molecule has 0 heterocycles. The Labute approximate surface area is 205 Å². The van der Waals surface area contributed by atoms with E-state index in [1.54, 1.807) is 0 Å². The van der Waals surface area contributed by atoms with Crippen LogP contribution in [0.1, 0.15) is 49.1 Å². The number of carbonyl (C=O) groups is 3. The average molecular weight is 481 g/mol. The van der Waals surface area contributed by atoms with E-state index >= 15 is 0 Å². The van der Waals surface area contributed by atoms with E-state index in [4.69, 9.17) is 14.6 Å². The molecule has 186 valence electrons. The normalized spacial score (nSPS) is 18.5. The lowest BCUT2D eigenvalue weighted by atomic mass is 9.98. The predicted octanol–water partition coefficient (Wildman–Crippen LogP) is 3.69. The van der Waals surface area contributed by atoms with Gasteiger partial charge in [0.15, 0.2) is 0 Å². The summed E-state index contributed by atoms with van der Waals surface area (Å²) in [4.78, 5) is 35.1. The van der Waals surface area contributed by atoms with Gasteiger partial charge in [-0.05, 0) is 47.4 Å². The van der Waals surface area contributed by atoms with Crippen molar-refractivity contribution >= 4 is 18.0 Å². The molecule has 35 heavy (non-hydrogen) atoms. The Morgan fingerprint density at radius 2 is 1.63 bits per heavy atom. The molecule has 3 N–H and O–H groups in total. The fourth-order valence-corrected chi connectivity index (χ4v) is 5.06. The van der Waals surface area contributed by atoms with Crippen molar-refractivity contribution in [3.05, 3.63) is 59.7 Å². The lowest BCUT2D eigenvalue weighted by molar-refractivity contribution is -0.138. The van der Waals surface area contributed by atoms with Crippen LogP contribution in [-0.4, -0.2) is 55.5 Å². The Hall–Kier alpha value is -3.39. The van der Waals surface area contributed by atoms with Crippen molar-refractivity contribution in [1.82, 2.24) is 10.6 Å². The molecule has 0 unspecified atom stereocenters. The third kappa shape index (κ3) is 6.60. The number of aliphatic carboxylic acids is 1. The number of carboxylic acid groups (broad SMARTS) is 1. The monoisotopic (exact) mass is 480 g/mol. The first-order valence-corrected chi connectivity index (χ1v) is 12.2. The number of alkyl carbamates (subject to hydrolysis) is 1. The number of amides is 2. The van der Waals surface area contributed by atoms with Gasteiger partial charge in [0.25, 0.3) is 0 Å². The fourth-order valence-electron chi connectivity index (χ4n) is 5.06. The highest BCUT2D eigenvalue weighted by Gasteiger charge is 2.31.